The number of hydrogen-bond donors (Lipinski definition) is 1. The highest BCUT2D eigenvalue weighted by Gasteiger charge is 2.34. The highest BCUT2D eigenvalue weighted by Crippen LogP contribution is 2.42. The van der Waals surface area contributed by atoms with E-state index in [1.165, 1.54) is 0 Å². The fraction of sp³-hybridized carbons (Fsp3) is 0.350. The van der Waals surface area contributed by atoms with Crippen molar-refractivity contribution < 1.29 is 19.0 Å². The predicted octanol–water partition coefficient (Wildman–Crippen LogP) is 3.69. The molecule has 26 heavy (non-hydrogen) atoms. The van der Waals surface area contributed by atoms with E-state index in [1.807, 2.05) is 35.2 Å². The van der Waals surface area contributed by atoms with Crippen LogP contribution in [0.2, 0.25) is 0 Å². The third-order valence-electron chi connectivity index (χ3n) is 4.52. The Kier molecular flexibility index (Phi) is 5.21. The van der Waals surface area contributed by atoms with Gasteiger partial charge in [0.1, 0.15) is 11.9 Å². The van der Waals surface area contributed by atoms with Crippen molar-refractivity contribution >= 4 is 11.6 Å². The molecule has 1 atom stereocenters. The summed E-state index contributed by atoms with van der Waals surface area (Å²) in [6, 6.07) is 11.2. The summed E-state index contributed by atoms with van der Waals surface area (Å²) in [6.45, 7) is 2.68. The fourth-order valence-corrected chi connectivity index (χ4v) is 3.28. The standard InChI is InChI=1S/C20H24N2O4/c1-5-10-22-19(21-15-9-7-6-8-13(15)20(22)23)14-11-17(25-3)18(26-4)12-16(14)24-2/h6-9,11-12,19,21H,5,10H2,1-4H3. The van der Waals surface area contributed by atoms with Crippen LogP contribution in [0.5, 0.6) is 17.2 Å². The summed E-state index contributed by atoms with van der Waals surface area (Å²) in [5.74, 6) is 1.81. The number of carbonyl (C=O) groups is 1. The van der Waals surface area contributed by atoms with E-state index in [2.05, 4.69) is 12.2 Å². The maximum atomic E-state index is 13.1. The highest BCUT2D eigenvalue weighted by molar-refractivity contribution is 6.01. The molecule has 1 unspecified atom stereocenters. The first-order valence-corrected chi connectivity index (χ1v) is 8.61. The van der Waals surface area contributed by atoms with E-state index in [9.17, 15) is 4.79 Å². The SMILES string of the molecule is CCCN1C(=O)c2ccccc2NC1c1cc(OC)c(OC)cc1OC. The van der Waals surface area contributed by atoms with Gasteiger partial charge in [-0.15, -0.1) is 0 Å². The van der Waals surface area contributed by atoms with Crippen LogP contribution in [0.3, 0.4) is 0 Å². The van der Waals surface area contributed by atoms with Crippen LogP contribution in [0, 0.1) is 0 Å². The van der Waals surface area contributed by atoms with Crippen molar-refractivity contribution in [2.45, 2.75) is 19.5 Å². The number of ether oxygens (including phenoxy) is 3. The molecule has 1 heterocycles. The molecule has 0 aromatic heterocycles. The monoisotopic (exact) mass is 356 g/mol. The van der Waals surface area contributed by atoms with Crippen LogP contribution in [0.25, 0.3) is 0 Å². The Morgan fingerprint density at radius 1 is 1.00 bits per heavy atom. The lowest BCUT2D eigenvalue weighted by Crippen LogP contribution is -2.43. The molecule has 1 aliphatic heterocycles. The molecule has 3 rings (SSSR count). The average Bonchev–Trinajstić information content (AvgIpc) is 2.69. The van der Waals surface area contributed by atoms with E-state index in [0.29, 0.717) is 29.4 Å². The zero-order chi connectivity index (χ0) is 18.7. The Labute approximate surface area is 153 Å². The number of nitrogens with one attached hydrogen (secondary N) is 1. The third kappa shape index (κ3) is 3.03. The van der Waals surface area contributed by atoms with Gasteiger partial charge in [-0.3, -0.25) is 4.79 Å². The summed E-state index contributed by atoms with van der Waals surface area (Å²) in [6.07, 6.45) is 0.494. The number of para-hydroxylation sites is 1. The molecule has 0 aliphatic carbocycles. The Balaban J connectivity index is 2.13. The van der Waals surface area contributed by atoms with Crippen LogP contribution in [-0.4, -0.2) is 38.7 Å². The molecule has 1 aliphatic rings. The zero-order valence-corrected chi connectivity index (χ0v) is 15.5. The van der Waals surface area contributed by atoms with Gasteiger partial charge in [-0.2, -0.15) is 0 Å². The largest absolute Gasteiger partial charge is 0.496 e. The fourth-order valence-electron chi connectivity index (χ4n) is 3.28. The van der Waals surface area contributed by atoms with Gasteiger partial charge in [0, 0.05) is 23.9 Å². The second kappa shape index (κ2) is 7.56. The van der Waals surface area contributed by atoms with Crippen LogP contribution < -0.4 is 19.5 Å². The molecule has 0 saturated heterocycles. The number of methoxy groups -OCH3 is 3. The van der Waals surface area contributed by atoms with Crippen molar-refractivity contribution in [1.29, 1.82) is 0 Å². The molecule has 0 radical (unpaired) electrons. The van der Waals surface area contributed by atoms with E-state index in [4.69, 9.17) is 14.2 Å². The molecule has 6 nitrogen and oxygen atoms in total. The molecule has 138 valence electrons. The summed E-state index contributed by atoms with van der Waals surface area (Å²) in [7, 11) is 4.78. The minimum Gasteiger partial charge on any atom is -0.496 e. The summed E-state index contributed by atoms with van der Waals surface area (Å²) in [5, 5.41) is 3.47. The zero-order valence-electron chi connectivity index (χ0n) is 15.5. The molecule has 1 N–H and O–H groups in total. The number of carbonyl (C=O) groups excluding carboxylic acids is 1. The molecule has 0 fully saturated rings. The second-order valence-electron chi connectivity index (χ2n) is 6.04. The lowest BCUT2D eigenvalue weighted by Gasteiger charge is -2.38. The van der Waals surface area contributed by atoms with Crippen molar-refractivity contribution in [2.75, 3.05) is 33.2 Å². The van der Waals surface area contributed by atoms with E-state index >= 15 is 0 Å². The van der Waals surface area contributed by atoms with Gasteiger partial charge in [-0.25, -0.2) is 0 Å². The van der Waals surface area contributed by atoms with E-state index in [1.54, 1.807) is 27.4 Å². The van der Waals surface area contributed by atoms with Crippen LogP contribution >= 0.6 is 0 Å². The minimum absolute atomic E-state index is 0.00281. The first-order valence-electron chi connectivity index (χ1n) is 8.61. The summed E-state index contributed by atoms with van der Waals surface area (Å²) in [4.78, 5) is 14.9. The molecule has 0 saturated carbocycles. The van der Waals surface area contributed by atoms with Gasteiger partial charge in [0.2, 0.25) is 0 Å². The van der Waals surface area contributed by atoms with Gasteiger partial charge >= 0.3 is 0 Å². The molecule has 0 spiro atoms. The minimum atomic E-state index is -0.355. The van der Waals surface area contributed by atoms with Crippen molar-refractivity contribution in [3.63, 3.8) is 0 Å². The lowest BCUT2D eigenvalue weighted by atomic mass is 10.0. The molecular weight excluding hydrogens is 332 g/mol. The quantitative estimate of drug-likeness (QED) is 0.855. The number of hydrogen-bond acceptors (Lipinski definition) is 5. The molecule has 0 bridgehead atoms. The van der Waals surface area contributed by atoms with Gasteiger partial charge in [-0.1, -0.05) is 19.1 Å². The Hall–Kier alpha value is -2.89. The first-order chi connectivity index (χ1) is 12.6. The number of amides is 1. The van der Waals surface area contributed by atoms with Crippen LogP contribution in [0.4, 0.5) is 5.69 Å². The van der Waals surface area contributed by atoms with Gasteiger partial charge in [0.05, 0.1) is 26.9 Å². The van der Waals surface area contributed by atoms with E-state index < -0.39 is 0 Å². The Bertz CT molecular complexity index is 806. The number of benzene rings is 2. The van der Waals surface area contributed by atoms with Gasteiger partial charge in [-0.05, 0) is 24.6 Å². The number of rotatable bonds is 6. The maximum absolute atomic E-state index is 13.1. The summed E-state index contributed by atoms with van der Waals surface area (Å²) < 4.78 is 16.4. The van der Waals surface area contributed by atoms with Gasteiger partial charge < -0.3 is 24.4 Å². The van der Waals surface area contributed by atoms with Crippen molar-refractivity contribution in [3.05, 3.63) is 47.5 Å². The van der Waals surface area contributed by atoms with Crippen molar-refractivity contribution in [1.82, 2.24) is 4.90 Å². The number of nitrogens with zero attached hydrogens (tertiary/aromatic N) is 1. The number of anilines is 1. The van der Waals surface area contributed by atoms with Gasteiger partial charge in [0.25, 0.3) is 5.91 Å². The normalized spacial score (nSPS) is 15.9. The predicted molar refractivity (Wildman–Crippen MR) is 100 cm³/mol. The van der Waals surface area contributed by atoms with E-state index in [-0.39, 0.29) is 12.1 Å². The second-order valence-corrected chi connectivity index (χ2v) is 6.04. The molecule has 6 heteroatoms. The average molecular weight is 356 g/mol. The first kappa shape index (κ1) is 17.9. The smallest absolute Gasteiger partial charge is 0.257 e. The van der Waals surface area contributed by atoms with Crippen LogP contribution in [0.1, 0.15) is 35.4 Å². The molecule has 2 aromatic rings. The number of fused-ring (bicyclic) bond motifs is 1. The lowest BCUT2D eigenvalue weighted by molar-refractivity contribution is 0.0681. The van der Waals surface area contributed by atoms with Crippen molar-refractivity contribution in [2.24, 2.45) is 0 Å². The Morgan fingerprint density at radius 2 is 1.65 bits per heavy atom. The van der Waals surface area contributed by atoms with Crippen molar-refractivity contribution in [3.8, 4) is 17.2 Å². The molecular formula is C20H24N2O4. The topological polar surface area (TPSA) is 60.0 Å². The van der Waals surface area contributed by atoms with Crippen LogP contribution in [0.15, 0.2) is 36.4 Å². The van der Waals surface area contributed by atoms with Crippen LogP contribution in [-0.2, 0) is 0 Å². The maximum Gasteiger partial charge on any atom is 0.257 e. The molecule has 2 aromatic carbocycles. The highest BCUT2D eigenvalue weighted by atomic mass is 16.5. The van der Waals surface area contributed by atoms with E-state index in [0.717, 1.165) is 17.7 Å². The summed E-state index contributed by atoms with van der Waals surface area (Å²) >= 11 is 0. The Morgan fingerprint density at radius 3 is 2.31 bits per heavy atom. The third-order valence-corrected chi connectivity index (χ3v) is 4.52. The van der Waals surface area contributed by atoms with Gasteiger partial charge in [0.15, 0.2) is 11.5 Å². The molecule has 1 amide bonds. The summed E-state index contributed by atoms with van der Waals surface area (Å²) in [5.41, 5.74) is 2.31.